The van der Waals surface area contributed by atoms with Crippen molar-refractivity contribution >= 4 is 80.3 Å². The minimum Gasteiger partial charge on any atom is -0.493 e. The number of esters is 1. The number of hydrogen-bond acceptors (Lipinski definition) is 20. The monoisotopic (exact) mass is 1600 g/mol. The van der Waals surface area contributed by atoms with Crippen molar-refractivity contribution in [2.75, 3.05) is 66.6 Å². The zero-order valence-corrected chi connectivity index (χ0v) is 66.9. The first-order chi connectivity index (χ1) is 55.0. The van der Waals surface area contributed by atoms with Crippen LogP contribution >= 0.6 is 0 Å². The van der Waals surface area contributed by atoms with Gasteiger partial charge in [-0.05, 0) is 205 Å². The number of benzene rings is 6. The van der Waals surface area contributed by atoms with Crippen LogP contribution in [0.15, 0.2) is 120 Å². The largest absolute Gasteiger partial charge is 0.493 e. The minimum atomic E-state index is -4.28. The molecule has 30 nitrogen and oxygen atoms in total. The number of nitrogens with one attached hydrogen (secondary N) is 10. The summed E-state index contributed by atoms with van der Waals surface area (Å²) >= 11 is 0. The van der Waals surface area contributed by atoms with Gasteiger partial charge in [0.25, 0.3) is 10.0 Å². The van der Waals surface area contributed by atoms with E-state index < -0.39 is 105 Å². The van der Waals surface area contributed by atoms with Crippen molar-refractivity contribution in [2.24, 2.45) is 17.6 Å². The standard InChI is InChI=1S/C84H103N13O17S/c1-48-49(2)73(50(3)62-44-83(5,6)114-71(48)62)115(106,107)95-80(87)90-35-15-19-64(93-69(99)46-91-51(4)98)78(102)92-45-59-41-58(32-37-97(59)82(105)112-68-31-29-63-66-43-56-25-30-67(108-8)72-70(56)84(63,74(68)113-72)33-38-96(66)7)76(100)88-34-14-10-13-18-65(94-81(104)110-47-52-16-11-9-12-17-52)77(101)89-36-39-109-60-26-22-53(23-27-60)79(103)111-61-28-24-54-40-57(75(85)86)21-20-55(54)42-61/h9,11-12,16-17,20-28,30-31,40,42,58-59,63-66,74H,10,13-15,18-19,29,32-39,41,43-47H2,1-8H3,(H3,85,86)(H,88,100)(H,89,101)(H,91,98)(H,92,102)(H,93,99)(H,94,104)(H3,87,90,95)/t58?,59?,63-,64+,65-,66+,74-,84-/m0/s1. The first-order valence-electron chi connectivity index (χ1n) is 39.1. The van der Waals surface area contributed by atoms with E-state index in [0.29, 0.717) is 88.9 Å². The van der Waals surface area contributed by atoms with E-state index in [9.17, 15) is 42.0 Å². The summed E-state index contributed by atoms with van der Waals surface area (Å²) in [6.07, 6.45) is 4.60. The van der Waals surface area contributed by atoms with Crippen LogP contribution in [0.25, 0.3) is 10.8 Å². The number of methoxy groups -OCH3 is 1. The minimum absolute atomic E-state index is 0.0156. The normalized spacial score (nSPS) is 19.8. The fourth-order valence-corrected chi connectivity index (χ4v) is 18.4. The number of likely N-dealkylation sites (tertiary alicyclic amines) is 2. The molecule has 2 fully saturated rings. The van der Waals surface area contributed by atoms with Crippen LogP contribution in [0.2, 0.25) is 0 Å². The summed E-state index contributed by atoms with van der Waals surface area (Å²) in [6, 6.07) is 27.0. The fourth-order valence-electron chi connectivity index (χ4n) is 16.9. The fraction of sp³-hybridized carbons (Fsp3) is 0.452. The molecule has 4 heterocycles. The molecule has 7 amide bonds. The number of piperidine rings is 2. The Bertz CT molecular complexity index is 4890. The summed E-state index contributed by atoms with van der Waals surface area (Å²) < 4.78 is 72.8. The van der Waals surface area contributed by atoms with Gasteiger partial charge in [-0.15, -0.1) is 0 Å². The second kappa shape index (κ2) is 35.9. The smallest absolute Gasteiger partial charge is 0.415 e. The number of hydrogen-bond donors (Lipinski definition) is 11. The Morgan fingerprint density at radius 1 is 0.739 bits per heavy atom. The number of amides is 7. The first kappa shape index (κ1) is 83.0. The average Bonchev–Trinajstić information content (AvgIpc) is 1.54. The molecule has 12 rings (SSSR count). The number of rotatable bonds is 32. The molecular weight excluding hydrogens is 1500 g/mol. The maximum Gasteiger partial charge on any atom is 0.415 e. The molecule has 6 aliphatic rings. The van der Waals surface area contributed by atoms with Crippen LogP contribution in [0.5, 0.6) is 28.7 Å². The number of allylic oxidation sites excluding steroid dienone is 1. The van der Waals surface area contributed by atoms with Gasteiger partial charge in [0.15, 0.2) is 17.6 Å². The molecule has 12 N–H and O–H groups in total. The van der Waals surface area contributed by atoms with Gasteiger partial charge >= 0.3 is 18.2 Å². The summed E-state index contributed by atoms with van der Waals surface area (Å²) in [5, 5.41) is 37.5. The van der Waals surface area contributed by atoms with Gasteiger partial charge in [0.2, 0.25) is 35.5 Å². The Kier molecular flexibility index (Phi) is 25.9. The quantitative estimate of drug-likeness (QED) is 0.00638. The predicted octanol–water partition coefficient (Wildman–Crippen LogP) is 7.56. The second-order valence-corrected chi connectivity index (χ2v) is 32.6. The maximum absolute atomic E-state index is 15.0. The van der Waals surface area contributed by atoms with E-state index in [1.807, 2.05) is 44.2 Å². The van der Waals surface area contributed by atoms with E-state index in [4.69, 9.17) is 49.7 Å². The Morgan fingerprint density at radius 2 is 1.45 bits per heavy atom. The van der Waals surface area contributed by atoms with Crippen molar-refractivity contribution < 1.29 is 79.9 Å². The average molecular weight is 1600 g/mol. The Morgan fingerprint density at radius 3 is 2.21 bits per heavy atom. The van der Waals surface area contributed by atoms with Crippen LogP contribution < -0.4 is 71.4 Å². The lowest BCUT2D eigenvalue weighted by Gasteiger charge is -2.56. The summed E-state index contributed by atoms with van der Waals surface area (Å²) in [5.41, 5.74) is 11.0. The molecule has 2 saturated heterocycles. The highest BCUT2D eigenvalue weighted by atomic mass is 32.2. The molecule has 115 heavy (non-hydrogen) atoms. The van der Waals surface area contributed by atoms with Crippen LogP contribution in [0.3, 0.4) is 0 Å². The highest BCUT2D eigenvalue weighted by molar-refractivity contribution is 7.90. The van der Waals surface area contributed by atoms with E-state index >= 15 is 4.79 Å². The predicted molar refractivity (Wildman–Crippen MR) is 428 cm³/mol. The maximum atomic E-state index is 15.0. The lowest BCUT2D eigenvalue weighted by atomic mass is 9.53. The molecule has 2 aliphatic carbocycles. The molecule has 2 unspecified atom stereocenters. The highest BCUT2D eigenvalue weighted by Gasteiger charge is 2.65. The van der Waals surface area contributed by atoms with Crippen molar-refractivity contribution in [3.8, 4) is 28.7 Å². The first-order valence-corrected chi connectivity index (χ1v) is 40.6. The topological polar surface area (TPSA) is 412 Å². The summed E-state index contributed by atoms with van der Waals surface area (Å²) in [6.45, 7) is 10.8. The van der Waals surface area contributed by atoms with Crippen molar-refractivity contribution in [2.45, 2.75) is 171 Å². The molecular formula is C84H103N13O17S. The number of nitrogens with zero attached hydrogens (tertiary/aromatic N) is 2. The summed E-state index contributed by atoms with van der Waals surface area (Å²) in [4.78, 5) is 113. The van der Waals surface area contributed by atoms with Crippen LogP contribution in [0, 0.1) is 43.4 Å². The van der Waals surface area contributed by atoms with Crippen molar-refractivity contribution in [1.29, 1.82) is 10.8 Å². The number of unbranched alkanes of at least 4 members (excludes halogenated alkanes) is 2. The molecule has 0 radical (unpaired) electrons. The van der Waals surface area contributed by atoms with Crippen LogP contribution in [-0.2, 0) is 68.3 Å². The molecule has 6 aromatic carbocycles. The van der Waals surface area contributed by atoms with Gasteiger partial charge in [-0.25, -0.2) is 27.5 Å². The van der Waals surface area contributed by atoms with Crippen molar-refractivity contribution in [3.63, 3.8) is 0 Å². The second-order valence-electron chi connectivity index (χ2n) is 31.0. The molecule has 4 aliphatic heterocycles. The van der Waals surface area contributed by atoms with Gasteiger partial charge in [0.05, 0.1) is 36.7 Å². The van der Waals surface area contributed by atoms with Crippen molar-refractivity contribution in [1.82, 2.24) is 51.7 Å². The van der Waals surface area contributed by atoms with Gasteiger partial charge in [-0.2, -0.15) is 0 Å². The summed E-state index contributed by atoms with van der Waals surface area (Å²) in [5.74, 6) is -1.21. The van der Waals surface area contributed by atoms with E-state index in [-0.39, 0.29) is 112 Å². The molecule has 0 aromatic heterocycles. The van der Waals surface area contributed by atoms with Gasteiger partial charge in [-0.3, -0.25) is 34.8 Å². The highest BCUT2D eigenvalue weighted by Crippen LogP contribution is 2.64. The van der Waals surface area contributed by atoms with E-state index in [0.717, 1.165) is 46.8 Å². The third kappa shape index (κ3) is 19.2. The zero-order valence-electron chi connectivity index (χ0n) is 66.1. The Hall–Kier alpha value is -11.5. The molecule has 2 bridgehead atoms. The van der Waals surface area contributed by atoms with Gasteiger partial charge < -0.3 is 85.9 Å². The number of carbonyl (C=O) groups is 8. The van der Waals surface area contributed by atoms with Crippen LogP contribution in [-0.4, -0.2) is 180 Å². The number of carbonyl (C=O) groups excluding carboxylic acids is 8. The molecule has 6 aromatic rings. The molecule has 8 atom stereocenters. The third-order valence-electron chi connectivity index (χ3n) is 22.8. The Balaban J connectivity index is 0.670. The van der Waals surface area contributed by atoms with E-state index in [1.165, 1.54) is 17.4 Å². The number of alkyl carbamates (subject to hydrolysis) is 1. The molecule has 0 saturated carbocycles. The number of likely N-dealkylation sites (N-methyl/N-ethyl adjacent to an activating group) is 1. The number of fused-ring (bicyclic) bond motifs is 2. The lowest BCUT2D eigenvalue weighted by molar-refractivity contribution is -0.130. The van der Waals surface area contributed by atoms with Gasteiger partial charge in [0.1, 0.15) is 59.7 Å². The zero-order chi connectivity index (χ0) is 82.0. The summed E-state index contributed by atoms with van der Waals surface area (Å²) in [7, 11) is -0.531. The SMILES string of the molecule is COc1ccc2c3c1O[C@H]1C(OC(=O)N4CCC(C(=O)NCCCCC[C@H](NC(=O)OCc5ccccc5)C(=O)NCCOc5ccc(C(=O)Oc6ccc7cc(C(=N)N)ccc7c6)cc5)CC4CNC(=O)[C@@H](CCCNC(=N)NS(=O)(=O)c4c(C)c(C)c5c(c4C)CC(C)(C)O5)NC(=O)CNC(C)=O)=CC[C@H]4[C@@H](C2)N(C)CC[C@]314. The van der Waals surface area contributed by atoms with Gasteiger partial charge in [0, 0.05) is 73.6 Å². The number of nitrogens with two attached hydrogens (primary N) is 1. The molecule has 1 spiro atoms. The van der Waals surface area contributed by atoms with Crippen LogP contribution in [0.4, 0.5) is 9.59 Å². The number of sulfonamides is 1. The van der Waals surface area contributed by atoms with E-state index in [2.05, 4.69) is 60.0 Å². The van der Waals surface area contributed by atoms with Crippen molar-refractivity contribution in [3.05, 3.63) is 165 Å². The number of ether oxygens (including phenoxy) is 7. The van der Waals surface area contributed by atoms with E-state index in [1.54, 1.807) is 101 Å². The Labute approximate surface area is 668 Å². The lowest BCUT2D eigenvalue weighted by Crippen LogP contribution is -2.63. The molecule has 31 heteroatoms. The van der Waals surface area contributed by atoms with Gasteiger partial charge in [-0.1, -0.05) is 67.4 Å². The van der Waals surface area contributed by atoms with Crippen LogP contribution in [0.1, 0.15) is 140 Å². The number of amidine groups is 1. The molecule has 612 valence electrons. The number of nitrogen functional groups attached to an aromatic ring is 1. The number of guanidine groups is 1. The third-order valence-corrected chi connectivity index (χ3v) is 24.4.